The molecule has 0 radical (unpaired) electrons. The van der Waals surface area contributed by atoms with Crippen LogP contribution in [0, 0.1) is 5.92 Å². The van der Waals surface area contributed by atoms with Crippen molar-refractivity contribution in [1.29, 1.82) is 0 Å². The van der Waals surface area contributed by atoms with E-state index in [0.717, 1.165) is 11.8 Å². The fourth-order valence-electron chi connectivity index (χ4n) is 5.47. The first kappa shape index (κ1) is 28.8. The molecule has 39 heavy (non-hydrogen) atoms. The molecule has 0 aromatic heterocycles. The van der Waals surface area contributed by atoms with E-state index in [9.17, 15) is 31.1 Å². The summed E-state index contributed by atoms with van der Waals surface area (Å²) in [6, 6.07) is 6.78. The van der Waals surface area contributed by atoms with Gasteiger partial charge in [-0.25, -0.2) is 9.78 Å². The maximum Gasteiger partial charge on any atom is 0.409 e. The summed E-state index contributed by atoms with van der Waals surface area (Å²) in [6.45, 7) is 2.35. The van der Waals surface area contributed by atoms with Gasteiger partial charge in [0.15, 0.2) is 5.72 Å². The second kappa shape index (κ2) is 10.4. The normalized spacial score (nSPS) is 25.8. The van der Waals surface area contributed by atoms with E-state index in [-0.39, 0.29) is 11.4 Å². The molecule has 2 saturated heterocycles. The molecule has 2 aliphatic rings. The Morgan fingerprint density at radius 3 is 2.03 bits per heavy atom. The van der Waals surface area contributed by atoms with E-state index in [1.165, 1.54) is 69.7 Å². The van der Waals surface area contributed by atoms with Gasteiger partial charge in [0.25, 0.3) is 0 Å². The minimum atomic E-state index is -4.92. The van der Waals surface area contributed by atoms with Crippen LogP contribution >= 0.6 is 0 Å². The molecule has 7 nitrogen and oxygen atoms in total. The maximum absolute atomic E-state index is 14.4. The fourth-order valence-corrected chi connectivity index (χ4v) is 5.47. The number of anilines is 2. The molecule has 0 N–H and O–H groups in total. The number of methoxy groups -OCH3 is 2. The molecule has 0 spiro atoms. The summed E-state index contributed by atoms with van der Waals surface area (Å²) in [4.78, 5) is 24.8. The summed E-state index contributed by atoms with van der Waals surface area (Å²) in [5, 5.41) is 0. The zero-order valence-corrected chi connectivity index (χ0v) is 21.5. The highest BCUT2D eigenvalue weighted by molar-refractivity contribution is 5.92. The molecule has 2 aromatic carbocycles. The molecular formula is C26H28F6N2O5. The predicted octanol–water partition coefficient (Wildman–Crippen LogP) is 5.88. The van der Waals surface area contributed by atoms with Gasteiger partial charge in [-0.05, 0) is 61.9 Å². The van der Waals surface area contributed by atoms with Gasteiger partial charge in [-0.3, -0.25) is 4.79 Å². The first-order valence-corrected chi connectivity index (χ1v) is 12.1. The van der Waals surface area contributed by atoms with Gasteiger partial charge in [0.05, 0.1) is 14.2 Å². The number of amides is 1. The smallest absolute Gasteiger partial charge is 0.409 e. The second-order valence-electron chi connectivity index (χ2n) is 9.62. The van der Waals surface area contributed by atoms with Crippen molar-refractivity contribution in [3.8, 4) is 11.5 Å². The van der Waals surface area contributed by atoms with Crippen LogP contribution in [0.5, 0.6) is 11.5 Å². The van der Waals surface area contributed by atoms with Crippen LogP contribution < -0.4 is 19.3 Å². The molecule has 0 bridgehead atoms. The van der Waals surface area contributed by atoms with Gasteiger partial charge in [0.1, 0.15) is 29.7 Å². The molecule has 13 heteroatoms. The van der Waals surface area contributed by atoms with Crippen molar-refractivity contribution < 1.29 is 50.4 Å². The van der Waals surface area contributed by atoms with E-state index >= 15 is 0 Å². The van der Waals surface area contributed by atoms with E-state index < -0.39 is 60.9 Å². The number of nitrogens with zero attached hydrogens (tertiary/aromatic N) is 2. The molecule has 2 heterocycles. The summed E-state index contributed by atoms with van der Waals surface area (Å²) in [6.07, 6.45) is -12.4. The summed E-state index contributed by atoms with van der Waals surface area (Å²) in [5.74, 6) is -1.21. The van der Waals surface area contributed by atoms with Crippen LogP contribution in [0.25, 0.3) is 0 Å². The predicted molar refractivity (Wildman–Crippen MR) is 128 cm³/mol. The topological polar surface area (TPSA) is 60.5 Å². The molecule has 1 amide bonds. The number of carbonyl (C=O) groups is 1. The van der Waals surface area contributed by atoms with Crippen LogP contribution in [0.3, 0.4) is 0 Å². The van der Waals surface area contributed by atoms with Gasteiger partial charge >= 0.3 is 12.4 Å². The van der Waals surface area contributed by atoms with Crippen molar-refractivity contribution >= 4 is 17.3 Å². The van der Waals surface area contributed by atoms with Crippen LogP contribution in [0.4, 0.5) is 37.7 Å². The van der Waals surface area contributed by atoms with Crippen LogP contribution in [-0.2, 0) is 14.6 Å². The number of ether oxygens (including phenoxy) is 2. The van der Waals surface area contributed by atoms with Gasteiger partial charge < -0.3 is 19.3 Å². The van der Waals surface area contributed by atoms with Crippen molar-refractivity contribution in [2.75, 3.05) is 24.0 Å². The van der Waals surface area contributed by atoms with Crippen LogP contribution in [0.1, 0.15) is 26.7 Å². The highest BCUT2D eigenvalue weighted by Crippen LogP contribution is 2.54. The third kappa shape index (κ3) is 5.46. The van der Waals surface area contributed by atoms with E-state index in [1.54, 1.807) is 0 Å². The van der Waals surface area contributed by atoms with Gasteiger partial charge in [-0.1, -0.05) is 0 Å². The third-order valence-corrected chi connectivity index (χ3v) is 7.31. The first-order chi connectivity index (χ1) is 18.2. The van der Waals surface area contributed by atoms with Crippen molar-refractivity contribution in [1.82, 2.24) is 0 Å². The average molecular weight is 563 g/mol. The Morgan fingerprint density at radius 2 is 1.56 bits per heavy atom. The number of hydrogen-bond donors (Lipinski definition) is 0. The summed E-state index contributed by atoms with van der Waals surface area (Å²) in [5.41, 5.74) is -1.63. The molecule has 0 saturated carbocycles. The van der Waals surface area contributed by atoms with Crippen molar-refractivity contribution in [3.05, 3.63) is 48.5 Å². The Bertz CT molecular complexity index is 1160. The number of hydrogen-bond acceptors (Lipinski definition) is 6. The molecule has 3 unspecified atom stereocenters. The lowest BCUT2D eigenvalue weighted by atomic mass is 9.87. The maximum atomic E-state index is 14.4. The first-order valence-electron chi connectivity index (χ1n) is 12.1. The molecule has 214 valence electrons. The SMILES string of the molecule is COc1ccc(N(C(C)=O)C(CC2OO[C@]3(C)[C@H]2CC(C(F)(F)F)N3c2ccc(OC)cc2)C(F)(F)F)cc1. The lowest BCUT2D eigenvalue weighted by molar-refractivity contribution is -0.327. The lowest BCUT2D eigenvalue weighted by Gasteiger charge is -2.38. The molecule has 5 atom stereocenters. The van der Waals surface area contributed by atoms with Crippen LogP contribution in [-0.4, -0.2) is 56.4 Å². The molecular weight excluding hydrogens is 534 g/mol. The van der Waals surface area contributed by atoms with E-state index in [2.05, 4.69) is 0 Å². The Labute approximate surface area is 221 Å². The molecule has 2 fully saturated rings. The largest absolute Gasteiger partial charge is 0.497 e. The summed E-state index contributed by atoms with van der Waals surface area (Å²) < 4.78 is 96.0. The van der Waals surface area contributed by atoms with Crippen molar-refractivity contribution in [2.24, 2.45) is 5.92 Å². The molecule has 2 aliphatic heterocycles. The van der Waals surface area contributed by atoms with Gasteiger partial charge in [0.2, 0.25) is 5.91 Å². The van der Waals surface area contributed by atoms with Crippen LogP contribution in [0.15, 0.2) is 48.5 Å². The highest BCUT2D eigenvalue weighted by Gasteiger charge is 2.66. The quantitative estimate of drug-likeness (QED) is 0.310. The molecule has 4 rings (SSSR count). The van der Waals surface area contributed by atoms with Gasteiger partial charge in [-0.2, -0.15) is 26.3 Å². The Hall–Kier alpha value is -3.19. The fraction of sp³-hybridized carbons (Fsp3) is 0.500. The highest BCUT2D eigenvalue weighted by atomic mass is 19.4. The van der Waals surface area contributed by atoms with Crippen LogP contribution in [0.2, 0.25) is 0 Å². The number of benzene rings is 2. The minimum Gasteiger partial charge on any atom is -0.497 e. The second-order valence-corrected chi connectivity index (χ2v) is 9.62. The third-order valence-electron chi connectivity index (χ3n) is 7.31. The Morgan fingerprint density at radius 1 is 1.03 bits per heavy atom. The van der Waals surface area contributed by atoms with E-state index in [4.69, 9.17) is 19.2 Å². The number of halogens is 6. The summed E-state index contributed by atoms with van der Waals surface area (Å²) in [7, 11) is 2.79. The van der Waals surface area contributed by atoms with Crippen molar-refractivity contribution in [2.45, 2.75) is 63.0 Å². The zero-order valence-electron chi connectivity index (χ0n) is 21.5. The summed E-state index contributed by atoms with van der Waals surface area (Å²) >= 11 is 0. The van der Waals surface area contributed by atoms with E-state index in [1.807, 2.05) is 0 Å². The number of carbonyl (C=O) groups excluding carboxylic acids is 1. The molecule has 2 aromatic rings. The lowest BCUT2D eigenvalue weighted by Crippen LogP contribution is -2.52. The Balaban J connectivity index is 1.68. The average Bonchev–Trinajstić information content (AvgIpc) is 3.35. The number of fused-ring (bicyclic) bond motifs is 1. The number of rotatable bonds is 7. The minimum absolute atomic E-state index is 0.0493. The zero-order chi connectivity index (χ0) is 28.8. The van der Waals surface area contributed by atoms with Gasteiger partial charge in [-0.15, -0.1) is 0 Å². The monoisotopic (exact) mass is 562 g/mol. The number of alkyl halides is 6. The Kier molecular flexibility index (Phi) is 7.69. The van der Waals surface area contributed by atoms with Crippen molar-refractivity contribution in [3.63, 3.8) is 0 Å². The van der Waals surface area contributed by atoms with E-state index in [0.29, 0.717) is 16.4 Å². The standard InChI is InChI=1S/C26H28F6N2O5/c1-15(35)33(16-5-9-18(36-3)10-6-16)22(25(27,28)29)14-21-20-13-23(26(30,31)32)34(24(20,2)39-38-21)17-7-11-19(37-4)12-8-17/h5-12,20-23H,13-14H2,1-4H3/t20-,21?,22?,23?,24+/m0/s1. The molecule has 0 aliphatic carbocycles. The van der Waals surface area contributed by atoms with Gasteiger partial charge in [0, 0.05) is 30.6 Å².